The molecule has 0 amide bonds. The molecule has 2 rings (SSSR count). The number of nitro groups is 1. The normalized spacial score (nSPS) is 11.7. The average Bonchev–Trinajstić information content (AvgIpc) is 2.59. The van der Waals surface area contributed by atoms with Crippen molar-refractivity contribution in [3.05, 3.63) is 51.6 Å². The van der Waals surface area contributed by atoms with Crippen LogP contribution in [0.1, 0.15) is 11.1 Å². The average molecular weight is 371 g/mol. The molecule has 2 N–H and O–H groups in total. The number of azo groups is 1. The van der Waals surface area contributed by atoms with Gasteiger partial charge < -0.3 is 14.9 Å². The van der Waals surface area contributed by atoms with Gasteiger partial charge in [-0.15, -0.1) is 10.2 Å². The largest absolute Gasteiger partial charge is 0.505 e. The number of phenols is 1. The predicted molar refractivity (Wildman–Crippen MR) is 82.9 cm³/mol. The number of rotatable bonds is 5. The van der Waals surface area contributed by atoms with E-state index in [1.54, 1.807) is 0 Å². The van der Waals surface area contributed by atoms with Crippen LogP contribution in [0.15, 0.2) is 40.6 Å². The zero-order valence-corrected chi connectivity index (χ0v) is 13.2. The Morgan fingerprint density at radius 3 is 2.38 bits per heavy atom. The van der Waals surface area contributed by atoms with Crippen LogP contribution in [-0.4, -0.2) is 22.2 Å². The number of aromatic hydroxyl groups is 1. The molecule has 0 saturated heterocycles. The minimum Gasteiger partial charge on any atom is -0.505 e. The molecule has 26 heavy (non-hydrogen) atoms. The van der Waals surface area contributed by atoms with E-state index in [-0.39, 0.29) is 17.0 Å². The number of ether oxygens (including phenoxy) is 1. The van der Waals surface area contributed by atoms with Crippen LogP contribution >= 0.6 is 0 Å². The third-order valence-corrected chi connectivity index (χ3v) is 3.31. The van der Waals surface area contributed by atoms with Crippen LogP contribution in [0.25, 0.3) is 0 Å². The summed E-state index contributed by atoms with van der Waals surface area (Å²) in [5.41, 5.74) is -2.64. The van der Waals surface area contributed by atoms with Crippen molar-refractivity contribution in [3.63, 3.8) is 0 Å². The van der Waals surface area contributed by atoms with Gasteiger partial charge in [0.05, 0.1) is 24.2 Å². The molecule has 0 aliphatic heterocycles. The highest BCUT2D eigenvalue weighted by atomic mass is 19.4. The number of benzene rings is 2. The van der Waals surface area contributed by atoms with Crippen LogP contribution in [0.3, 0.4) is 0 Å². The van der Waals surface area contributed by atoms with Gasteiger partial charge in [-0.25, -0.2) is 0 Å². The summed E-state index contributed by atoms with van der Waals surface area (Å²) in [5, 5.41) is 37.3. The molecule has 2 aromatic carbocycles. The lowest BCUT2D eigenvalue weighted by atomic mass is 10.1. The first-order chi connectivity index (χ1) is 12.2. The van der Waals surface area contributed by atoms with E-state index in [0.717, 1.165) is 6.07 Å². The maximum absolute atomic E-state index is 12.7. The summed E-state index contributed by atoms with van der Waals surface area (Å²) in [5.74, 6) is -0.214. The molecular weight excluding hydrogens is 359 g/mol. The van der Waals surface area contributed by atoms with Crippen molar-refractivity contribution in [2.24, 2.45) is 10.2 Å². The zero-order valence-electron chi connectivity index (χ0n) is 13.2. The number of aliphatic hydroxyl groups is 1. The van der Waals surface area contributed by atoms with Gasteiger partial charge >= 0.3 is 6.18 Å². The number of hydrogen-bond donors (Lipinski definition) is 2. The van der Waals surface area contributed by atoms with E-state index in [4.69, 9.17) is 4.74 Å². The van der Waals surface area contributed by atoms with E-state index in [0.29, 0.717) is 12.1 Å². The maximum atomic E-state index is 12.7. The summed E-state index contributed by atoms with van der Waals surface area (Å²) in [6, 6.07) is 4.36. The second kappa shape index (κ2) is 7.35. The molecule has 0 spiro atoms. The van der Waals surface area contributed by atoms with Crippen LogP contribution in [0.2, 0.25) is 0 Å². The maximum Gasteiger partial charge on any atom is 0.416 e. The number of alkyl halides is 3. The quantitative estimate of drug-likeness (QED) is 0.463. The molecule has 0 saturated carbocycles. The van der Waals surface area contributed by atoms with Gasteiger partial charge in [-0.1, -0.05) is 0 Å². The number of methoxy groups -OCH3 is 1. The standard InChI is InChI=1S/C15H12F3N3O5/c1-26-10-4-8(7-22)14(23)12(6-10)20-19-11-3-2-9(15(16,17)18)5-13(11)21(24)25/h2-6,22-23H,7H2,1H3/b20-19+. The molecule has 2 aromatic rings. The van der Waals surface area contributed by atoms with Crippen LogP contribution in [-0.2, 0) is 12.8 Å². The monoisotopic (exact) mass is 371 g/mol. The van der Waals surface area contributed by atoms with Gasteiger partial charge in [-0.3, -0.25) is 10.1 Å². The Labute approximate surface area is 144 Å². The predicted octanol–water partition coefficient (Wildman–Crippen LogP) is 4.24. The molecule has 0 heterocycles. The van der Waals surface area contributed by atoms with Crippen molar-refractivity contribution in [3.8, 4) is 11.5 Å². The van der Waals surface area contributed by atoms with Crippen molar-refractivity contribution in [2.75, 3.05) is 7.11 Å². The van der Waals surface area contributed by atoms with E-state index in [1.165, 1.54) is 19.2 Å². The molecule has 0 aliphatic rings. The second-order valence-corrected chi connectivity index (χ2v) is 4.97. The molecule has 138 valence electrons. The number of halogens is 3. The van der Waals surface area contributed by atoms with Crippen molar-refractivity contribution in [1.29, 1.82) is 0 Å². The highest BCUT2D eigenvalue weighted by Gasteiger charge is 2.33. The Balaban J connectivity index is 2.50. The van der Waals surface area contributed by atoms with Crippen LogP contribution < -0.4 is 4.74 Å². The van der Waals surface area contributed by atoms with E-state index in [2.05, 4.69) is 10.2 Å². The van der Waals surface area contributed by atoms with Gasteiger partial charge in [0.1, 0.15) is 17.2 Å². The lowest BCUT2D eigenvalue weighted by Crippen LogP contribution is -2.05. The van der Waals surface area contributed by atoms with Crippen LogP contribution in [0.4, 0.5) is 30.2 Å². The van der Waals surface area contributed by atoms with Crippen molar-refractivity contribution in [2.45, 2.75) is 12.8 Å². The molecule has 0 atom stereocenters. The van der Waals surface area contributed by atoms with Gasteiger partial charge in [0, 0.05) is 17.7 Å². The first kappa shape index (κ1) is 19.1. The Bertz CT molecular complexity index is 868. The van der Waals surface area contributed by atoms with Gasteiger partial charge in [0.25, 0.3) is 5.69 Å². The minimum absolute atomic E-state index is 0.0696. The fraction of sp³-hybridized carbons (Fsp3) is 0.200. The lowest BCUT2D eigenvalue weighted by molar-refractivity contribution is -0.384. The number of nitro benzene ring substituents is 1. The molecule has 0 aromatic heterocycles. The zero-order chi connectivity index (χ0) is 19.5. The van der Waals surface area contributed by atoms with Crippen molar-refractivity contribution < 1.29 is 33.0 Å². The fourth-order valence-electron chi connectivity index (χ4n) is 2.00. The first-order valence-corrected chi connectivity index (χ1v) is 6.95. The van der Waals surface area contributed by atoms with E-state index in [9.17, 15) is 33.5 Å². The Kier molecular flexibility index (Phi) is 5.41. The van der Waals surface area contributed by atoms with E-state index >= 15 is 0 Å². The fourth-order valence-corrected chi connectivity index (χ4v) is 2.00. The van der Waals surface area contributed by atoms with Crippen LogP contribution in [0, 0.1) is 10.1 Å². The van der Waals surface area contributed by atoms with Crippen LogP contribution in [0.5, 0.6) is 11.5 Å². The molecule has 0 unspecified atom stereocenters. The Hall–Kier alpha value is -3.21. The van der Waals surface area contributed by atoms with Crippen molar-refractivity contribution in [1.82, 2.24) is 0 Å². The summed E-state index contributed by atoms with van der Waals surface area (Å²) < 4.78 is 43.0. The summed E-state index contributed by atoms with van der Waals surface area (Å²) in [4.78, 5) is 9.99. The molecule has 0 fully saturated rings. The van der Waals surface area contributed by atoms with E-state index in [1.807, 2.05) is 0 Å². The van der Waals surface area contributed by atoms with E-state index < -0.39 is 40.4 Å². The van der Waals surface area contributed by atoms with Gasteiger partial charge in [0.15, 0.2) is 5.69 Å². The first-order valence-electron chi connectivity index (χ1n) is 6.95. The third kappa shape index (κ3) is 4.06. The van der Waals surface area contributed by atoms with Crippen molar-refractivity contribution >= 4 is 17.1 Å². The molecule has 11 heteroatoms. The van der Waals surface area contributed by atoms with Gasteiger partial charge in [-0.2, -0.15) is 13.2 Å². The Morgan fingerprint density at radius 1 is 1.19 bits per heavy atom. The number of nitrogens with zero attached hydrogens (tertiary/aromatic N) is 3. The molecular formula is C15H12F3N3O5. The minimum atomic E-state index is -4.75. The highest BCUT2D eigenvalue weighted by Crippen LogP contribution is 2.39. The van der Waals surface area contributed by atoms with Gasteiger partial charge in [0.2, 0.25) is 0 Å². The molecule has 8 nitrogen and oxygen atoms in total. The molecule has 0 bridgehead atoms. The molecule has 0 radical (unpaired) electrons. The SMILES string of the molecule is COc1cc(CO)c(O)c(/N=N/c2ccc(C(F)(F)F)cc2[N+](=O)[O-])c1. The number of hydrogen-bond acceptors (Lipinski definition) is 7. The summed E-state index contributed by atoms with van der Waals surface area (Å²) in [6.07, 6.45) is -4.75. The molecule has 0 aliphatic carbocycles. The smallest absolute Gasteiger partial charge is 0.416 e. The summed E-state index contributed by atoms with van der Waals surface area (Å²) >= 11 is 0. The summed E-state index contributed by atoms with van der Waals surface area (Å²) in [7, 11) is 1.33. The summed E-state index contributed by atoms with van der Waals surface area (Å²) in [6.45, 7) is -0.536. The third-order valence-electron chi connectivity index (χ3n) is 3.31. The lowest BCUT2D eigenvalue weighted by Gasteiger charge is -2.08. The van der Waals surface area contributed by atoms with Gasteiger partial charge in [-0.05, 0) is 18.2 Å². The Morgan fingerprint density at radius 2 is 1.85 bits per heavy atom. The number of aliphatic hydroxyl groups excluding tert-OH is 1. The second-order valence-electron chi connectivity index (χ2n) is 4.97. The topological polar surface area (TPSA) is 118 Å². The highest BCUT2D eigenvalue weighted by molar-refractivity contribution is 5.61.